The second kappa shape index (κ2) is 17.9. The molecule has 68 heavy (non-hydrogen) atoms. The summed E-state index contributed by atoms with van der Waals surface area (Å²) in [7, 11) is 1.72. The van der Waals surface area contributed by atoms with E-state index in [2.05, 4.69) is 33.0 Å². The van der Waals surface area contributed by atoms with Crippen molar-refractivity contribution in [3.8, 4) is 28.4 Å². The summed E-state index contributed by atoms with van der Waals surface area (Å²) in [5.41, 5.74) is 6.20. The number of hydrogen-bond donors (Lipinski definition) is 4. The normalized spacial score (nSPS) is 18.8. The molecule has 7 aromatic rings. The molecule has 0 unspecified atom stereocenters. The molecule has 10 nitrogen and oxygen atoms in total. The molecule has 352 valence electrons. The van der Waals surface area contributed by atoms with Crippen LogP contribution in [0.25, 0.3) is 22.0 Å². The summed E-state index contributed by atoms with van der Waals surface area (Å²) in [5.74, 6) is 0.133. The number of anilines is 2. The molecule has 10 rings (SSSR count). The monoisotopic (exact) mass is 919 g/mol. The van der Waals surface area contributed by atoms with Crippen LogP contribution in [0.2, 0.25) is 0 Å². The molecule has 4 N–H and O–H groups in total. The topological polar surface area (TPSA) is 117 Å². The number of pyridine rings is 1. The average molecular weight is 920 g/mol. The summed E-state index contributed by atoms with van der Waals surface area (Å²) >= 11 is 0. The first kappa shape index (κ1) is 45.3. The van der Waals surface area contributed by atoms with Gasteiger partial charge >= 0.3 is 0 Å². The van der Waals surface area contributed by atoms with Crippen LogP contribution in [0.15, 0.2) is 120 Å². The average Bonchev–Trinajstić information content (AvgIpc) is 3.82. The number of phenols is 1. The van der Waals surface area contributed by atoms with E-state index in [1.54, 1.807) is 50.0 Å². The first-order valence-electron chi connectivity index (χ1n) is 23.8. The predicted octanol–water partition coefficient (Wildman–Crippen LogP) is 9.86. The van der Waals surface area contributed by atoms with Crippen molar-refractivity contribution in [2.45, 2.75) is 69.5 Å². The highest BCUT2D eigenvalue weighted by atomic mass is 19.1. The first-order valence-corrected chi connectivity index (χ1v) is 23.8. The van der Waals surface area contributed by atoms with Crippen molar-refractivity contribution in [1.29, 1.82) is 0 Å². The van der Waals surface area contributed by atoms with Crippen molar-refractivity contribution in [3.05, 3.63) is 171 Å². The quantitative estimate of drug-likeness (QED) is 0.107. The Labute approximate surface area is 395 Å². The van der Waals surface area contributed by atoms with Gasteiger partial charge in [-0.1, -0.05) is 42.5 Å². The van der Waals surface area contributed by atoms with E-state index >= 15 is 8.78 Å². The van der Waals surface area contributed by atoms with Gasteiger partial charge in [0.25, 0.3) is 5.56 Å². The lowest BCUT2D eigenvalue weighted by atomic mass is 9.69. The van der Waals surface area contributed by atoms with Crippen molar-refractivity contribution in [2.75, 3.05) is 55.6 Å². The molecule has 0 bridgehead atoms. The number of aliphatic hydroxyl groups is 2. The number of halogens is 2. The van der Waals surface area contributed by atoms with E-state index in [1.165, 1.54) is 12.1 Å². The standard InChI is InChI=1S/C56H59F2N5O5/c1-35-28-39(12-17-50(35)68-51-16-11-38(55(2,3)66)30-44(51)46-33-60(4)54(65)53-43(46)18-21-59-53)62-22-19-56(67,20-23-62)34-61-24-26-63(27-25-61)49-32-47(57)45(31-48(49)58)52-41(36-8-6-5-7-9-36)14-10-37-29-40(64)13-15-42(37)52/h5-9,11-13,15-18,21,28-33,41,52,59,64,66-67H,10,14,19-20,22-27,34H2,1-4H3/t41-,52+/m1/s1. The number of benzene rings is 5. The van der Waals surface area contributed by atoms with Crippen molar-refractivity contribution >= 4 is 22.3 Å². The van der Waals surface area contributed by atoms with Gasteiger partial charge in [0.15, 0.2) is 0 Å². The molecule has 1 aliphatic carbocycles. The fourth-order valence-corrected chi connectivity index (χ4v) is 10.9. The minimum atomic E-state index is -1.10. The number of nitrogens with one attached hydrogen (secondary N) is 1. The zero-order valence-electron chi connectivity index (χ0n) is 39.1. The number of H-pyrrole nitrogens is 1. The van der Waals surface area contributed by atoms with Crippen LogP contribution in [-0.4, -0.2) is 81.2 Å². The number of ether oxygens (including phenoxy) is 1. The maximum atomic E-state index is 16.4. The van der Waals surface area contributed by atoms with Gasteiger partial charge in [0, 0.05) is 99.4 Å². The molecule has 12 heteroatoms. The Morgan fingerprint density at radius 2 is 1.56 bits per heavy atom. The highest BCUT2D eigenvalue weighted by molar-refractivity contribution is 5.96. The molecule has 2 fully saturated rings. The molecule has 2 aromatic heterocycles. The molecular formula is C56H59F2N5O5. The van der Waals surface area contributed by atoms with Crippen LogP contribution in [0.5, 0.6) is 17.2 Å². The van der Waals surface area contributed by atoms with E-state index < -0.39 is 28.8 Å². The first-order chi connectivity index (χ1) is 32.6. The number of rotatable bonds is 10. The number of aryl methyl sites for hydroxylation is 3. The van der Waals surface area contributed by atoms with Gasteiger partial charge in [0.2, 0.25) is 0 Å². The third kappa shape index (κ3) is 8.77. The third-order valence-corrected chi connectivity index (χ3v) is 14.8. The summed E-state index contributed by atoms with van der Waals surface area (Å²) in [6.45, 7) is 9.60. The molecule has 0 amide bonds. The molecule has 0 saturated carbocycles. The SMILES string of the molecule is Cc1cc(N2CCC(O)(CN3CCN(c4cc(F)c([C@@H]5c6ccc(O)cc6CC[C@@H]5c5ccccc5)cc4F)CC3)CC2)ccc1Oc1ccc(C(C)(C)O)cc1-c1cn(C)c(=O)c2[nH]ccc12. The predicted molar refractivity (Wildman–Crippen MR) is 264 cm³/mol. The van der Waals surface area contributed by atoms with Crippen LogP contribution in [0.3, 0.4) is 0 Å². The fraction of sp³-hybridized carbons (Fsp3) is 0.339. The lowest BCUT2D eigenvalue weighted by Crippen LogP contribution is -2.55. The summed E-state index contributed by atoms with van der Waals surface area (Å²) in [5, 5.41) is 33.8. The van der Waals surface area contributed by atoms with Gasteiger partial charge < -0.3 is 39.4 Å². The zero-order chi connectivity index (χ0) is 47.5. The Bertz CT molecular complexity index is 3050. The molecule has 2 atom stereocenters. The summed E-state index contributed by atoms with van der Waals surface area (Å²) in [6.07, 6.45) is 6.23. The van der Waals surface area contributed by atoms with E-state index in [4.69, 9.17) is 4.74 Å². The van der Waals surface area contributed by atoms with Crippen LogP contribution >= 0.6 is 0 Å². The molecule has 3 aliphatic rings. The van der Waals surface area contributed by atoms with E-state index in [-0.39, 0.29) is 22.9 Å². The van der Waals surface area contributed by atoms with Crippen LogP contribution in [-0.2, 0) is 19.1 Å². The maximum Gasteiger partial charge on any atom is 0.274 e. The Morgan fingerprint density at radius 3 is 2.29 bits per heavy atom. The Balaban J connectivity index is 0.783. The third-order valence-electron chi connectivity index (χ3n) is 14.8. The molecule has 0 spiro atoms. The van der Waals surface area contributed by atoms with E-state index in [1.807, 2.05) is 72.5 Å². The number of hydrogen-bond acceptors (Lipinski definition) is 8. The van der Waals surface area contributed by atoms with Crippen molar-refractivity contribution < 1.29 is 28.8 Å². The fourth-order valence-electron chi connectivity index (χ4n) is 10.9. The van der Waals surface area contributed by atoms with Gasteiger partial charge in [-0.05, 0) is 140 Å². The molecule has 0 radical (unpaired) electrons. The number of aromatic hydroxyl groups is 1. The second-order valence-corrected chi connectivity index (χ2v) is 19.8. The van der Waals surface area contributed by atoms with Gasteiger partial charge in [0.1, 0.15) is 34.4 Å². The summed E-state index contributed by atoms with van der Waals surface area (Å²) in [4.78, 5) is 22.4. The van der Waals surface area contributed by atoms with Gasteiger partial charge in [-0.3, -0.25) is 9.69 Å². The minimum Gasteiger partial charge on any atom is -0.508 e. The van der Waals surface area contributed by atoms with Gasteiger partial charge in [0.05, 0.1) is 16.9 Å². The molecule has 5 aromatic carbocycles. The number of fused-ring (bicyclic) bond motifs is 2. The lowest BCUT2D eigenvalue weighted by molar-refractivity contribution is -0.0173. The van der Waals surface area contributed by atoms with Gasteiger partial charge in [-0.25, -0.2) is 8.78 Å². The summed E-state index contributed by atoms with van der Waals surface area (Å²) < 4.78 is 40.8. The smallest absolute Gasteiger partial charge is 0.274 e. The number of piperidine rings is 1. The van der Waals surface area contributed by atoms with Crippen LogP contribution in [0.4, 0.5) is 20.2 Å². The van der Waals surface area contributed by atoms with Crippen molar-refractivity contribution in [2.24, 2.45) is 7.05 Å². The number of aromatic nitrogens is 2. The number of nitrogens with zero attached hydrogens (tertiary/aromatic N) is 4. The molecular weight excluding hydrogens is 861 g/mol. The highest BCUT2D eigenvalue weighted by Gasteiger charge is 2.37. The van der Waals surface area contributed by atoms with E-state index in [0.717, 1.165) is 57.3 Å². The van der Waals surface area contributed by atoms with Crippen LogP contribution in [0.1, 0.15) is 78.3 Å². The lowest BCUT2D eigenvalue weighted by Gasteiger charge is -2.44. The molecule has 4 heterocycles. The number of β-amino-alcohol motifs (C(OH)–C–C–N with tert-alkyl or cyclic N) is 1. The molecule has 2 saturated heterocycles. The largest absolute Gasteiger partial charge is 0.508 e. The van der Waals surface area contributed by atoms with E-state index in [9.17, 15) is 20.1 Å². The zero-order valence-corrected chi connectivity index (χ0v) is 39.1. The number of piperazine rings is 1. The maximum absolute atomic E-state index is 16.4. The number of phenolic OH excluding ortho intramolecular Hbond substituents is 1. The summed E-state index contributed by atoms with van der Waals surface area (Å²) in [6, 6.07) is 31.7. The molecule has 2 aliphatic heterocycles. The number of aromatic amines is 1. The Kier molecular flexibility index (Phi) is 11.9. The second-order valence-electron chi connectivity index (χ2n) is 19.8. The Hall–Kier alpha value is -6.47. The van der Waals surface area contributed by atoms with Gasteiger partial charge in [-0.2, -0.15) is 0 Å². The van der Waals surface area contributed by atoms with Gasteiger partial charge in [-0.15, -0.1) is 0 Å². The van der Waals surface area contributed by atoms with Crippen LogP contribution < -0.4 is 20.1 Å². The highest BCUT2D eigenvalue weighted by Crippen LogP contribution is 2.48. The Morgan fingerprint density at radius 1 is 0.809 bits per heavy atom. The van der Waals surface area contributed by atoms with Crippen LogP contribution in [0, 0.1) is 18.6 Å². The van der Waals surface area contributed by atoms with Crippen molar-refractivity contribution in [3.63, 3.8) is 0 Å². The van der Waals surface area contributed by atoms with Crippen molar-refractivity contribution in [1.82, 2.24) is 14.5 Å². The minimum absolute atomic E-state index is 0.0398. The van der Waals surface area contributed by atoms with E-state index in [0.29, 0.717) is 86.8 Å².